The van der Waals surface area contributed by atoms with E-state index >= 15 is 0 Å². The van der Waals surface area contributed by atoms with Crippen LogP contribution < -0.4 is 10.6 Å². The van der Waals surface area contributed by atoms with E-state index in [-0.39, 0.29) is 0 Å². The summed E-state index contributed by atoms with van der Waals surface area (Å²) in [7, 11) is 0. The quantitative estimate of drug-likeness (QED) is 0.863. The maximum Gasteiger partial charge on any atom is 0.137 e. The van der Waals surface area contributed by atoms with Gasteiger partial charge >= 0.3 is 0 Å². The Balaban J connectivity index is 1.61. The van der Waals surface area contributed by atoms with Gasteiger partial charge in [0, 0.05) is 23.5 Å². The van der Waals surface area contributed by atoms with Gasteiger partial charge in [-0.3, -0.25) is 0 Å². The van der Waals surface area contributed by atoms with Crippen LogP contribution in [-0.2, 0) is 0 Å². The number of benzene rings is 1. The Hall–Kier alpha value is -1.68. The molecule has 3 heterocycles. The van der Waals surface area contributed by atoms with E-state index in [0.29, 0.717) is 18.1 Å². The molecular formula is C15H18N4. The van der Waals surface area contributed by atoms with Crippen LogP contribution in [0.4, 0.5) is 5.82 Å². The van der Waals surface area contributed by atoms with Crippen molar-refractivity contribution in [1.29, 1.82) is 0 Å². The molecule has 4 heteroatoms. The third-order valence-corrected chi connectivity index (χ3v) is 4.36. The molecule has 0 aliphatic carbocycles. The molecule has 2 aliphatic heterocycles. The summed E-state index contributed by atoms with van der Waals surface area (Å²) in [4.78, 5) is 8.74. The number of nitrogens with one attached hydrogen (secondary N) is 2. The molecule has 0 saturated carbocycles. The van der Waals surface area contributed by atoms with Gasteiger partial charge in [-0.15, -0.1) is 0 Å². The number of hydrogen-bond donors (Lipinski definition) is 2. The van der Waals surface area contributed by atoms with E-state index in [0.717, 1.165) is 16.7 Å². The molecule has 2 fully saturated rings. The van der Waals surface area contributed by atoms with Crippen molar-refractivity contribution < 1.29 is 0 Å². The third kappa shape index (κ3) is 2.06. The lowest BCUT2D eigenvalue weighted by Gasteiger charge is -2.30. The number of piperidine rings is 1. The number of nitrogens with zero attached hydrogens (tertiary/aromatic N) is 2. The van der Waals surface area contributed by atoms with Crippen LogP contribution in [0.1, 0.15) is 25.7 Å². The number of para-hydroxylation sites is 1. The van der Waals surface area contributed by atoms with E-state index in [1.54, 1.807) is 6.33 Å². The lowest BCUT2D eigenvalue weighted by molar-refractivity contribution is 0.378. The summed E-state index contributed by atoms with van der Waals surface area (Å²) < 4.78 is 0. The third-order valence-electron chi connectivity index (χ3n) is 4.36. The van der Waals surface area contributed by atoms with Gasteiger partial charge < -0.3 is 10.6 Å². The Bertz CT molecular complexity index is 580. The average molecular weight is 254 g/mol. The van der Waals surface area contributed by atoms with E-state index in [9.17, 15) is 0 Å². The fraction of sp³-hybridized carbons (Fsp3) is 0.467. The molecular weight excluding hydrogens is 236 g/mol. The van der Waals surface area contributed by atoms with Gasteiger partial charge in [-0.2, -0.15) is 0 Å². The number of aromatic nitrogens is 2. The van der Waals surface area contributed by atoms with Gasteiger partial charge in [0.1, 0.15) is 12.1 Å². The first-order chi connectivity index (χ1) is 9.38. The molecule has 2 bridgehead atoms. The molecule has 2 atom stereocenters. The monoisotopic (exact) mass is 254 g/mol. The van der Waals surface area contributed by atoms with E-state index < -0.39 is 0 Å². The van der Waals surface area contributed by atoms with Gasteiger partial charge in [0.15, 0.2) is 0 Å². The van der Waals surface area contributed by atoms with E-state index in [2.05, 4.69) is 26.7 Å². The fourth-order valence-electron chi connectivity index (χ4n) is 3.49. The van der Waals surface area contributed by atoms with Crippen molar-refractivity contribution in [1.82, 2.24) is 15.3 Å². The SMILES string of the molecule is c1ccc2c(NC3CC4CCC(C3)N4)ncnc2c1. The normalized spacial score (nSPS) is 29.6. The molecule has 1 aromatic carbocycles. The lowest BCUT2D eigenvalue weighted by atomic mass is 10.00. The minimum absolute atomic E-state index is 0.539. The summed E-state index contributed by atoms with van der Waals surface area (Å²) in [6, 6.07) is 10.1. The van der Waals surface area contributed by atoms with Crippen LogP contribution >= 0.6 is 0 Å². The van der Waals surface area contributed by atoms with Crippen molar-refractivity contribution in [2.24, 2.45) is 0 Å². The predicted molar refractivity (Wildman–Crippen MR) is 76.1 cm³/mol. The van der Waals surface area contributed by atoms with Crippen molar-refractivity contribution in [3.63, 3.8) is 0 Å². The first kappa shape index (κ1) is 11.2. The summed E-state index contributed by atoms with van der Waals surface area (Å²) in [6.07, 6.45) is 6.71. The highest BCUT2D eigenvalue weighted by Crippen LogP contribution is 2.29. The van der Waals surface area contributed by atoms with Gasteiger partial charge in [-0.25, -0.2) is 9.97 Å². The zero-order valence-electron chi connectivity index (χ0n) is 10.8. The van der Waals surface area contributed by atoms with Gasteiger partial charge in [-0.1, -0.05) is 12.1 Å². The highest BCUT2D eigenvalue weighted by atomic mass is 15.1. The number of hydrogen-bond acceptors (Lipinski definition) is 4. The van der Waals surface area contributed by atoms with Gasteiger partial charge in [0.25, 0.3) is 0 Å². The Labute approximate surface area is 112 Å². The van der Waals surface area contributed by atoms with Crippen molar-refractivity contribution in [3.8, 4) is 0 Å². The minimum Gasteiger partial charge on any atom is -0.367 e. The molecule has 4 nitrogen and oxygen atoms in total. The first-order valence-electron chi connectivity index (χ1n) is 7.11. The Morgan fingerprint density at radius 2 is 1.84 bits per heavy atom. The number of fused-ring (bicyclic) bond motifs is 3. The maximum atomic E-state index is 4.43. The van der Waals surface area contributed by atoms with Crippen LogP contribution in [-0.4, -0.2) is 28.1 Å². The zero-order chi connectivity index (χ0) is 12.7. The predicted octanol–water partition coefficient (Wildman–Crippen LogP) is 2.32. The number of anilines is 1. The van der Waals surface area contributed by atoms with E-state index in [4.69, 9.17) is 0 Å². The second-order valence-electron chi connectivity index (χ2n) is 5.69. The van der Waals surface area contributed by atoms with Crippen LogP contribution in [0, 0.1) is 0 Å². The molecule has 4 rings (SSSR count). The van der Waals surface area contributed by atoms with Crippen LogP contribution in [0.5, 0.6) is 0 Å². The van der Waals surface area contributed by atoms with Crippen LogP contribution in [0.3, 0.4) is 0 Å². The molecule has 2 saturated heterocycles. The molecule has 19 heavy (non-hydrogen) atoms. The second-order valence-corrected chi connectivity index (χ2v) is 5.69. The Morgan fingerprint density at radius 1 is 1.05 bits per heavy atom. The minimum atomic E-state index is 0.539. The summed E-state index contributed by atoms with van der Waals surface area (Å²) in [5, 5.41) is 8.43. The summed E-state index contributed by atoms with van der Waals surface area (Å²) in [6.45, 7) is 0. The smallest absolute Gasteiger partial charge is 0.137 e. The highest BCUT2D eigenvalue weighted by molar-refractivity contribution is 5.88. The lowest BCUT2D eigenvalue weighted by Crippen LogP contribution is -2.43. The topological polar surface area (TPSA) is 49.8 Å². The Kier molecular flexibility index (Phi) is 2.62. The molecule has 0 radical (unpaired) electrons. The molecule has 1 aromatic heterocycles. The maximum absolute atomic E-state index is 4.43. The molecule has 0 spiro atoms. The summed E-state index contributed by atoms with van der Waals surface area (Å²) in [5.74, 6) is 0.983. The van der Waals surface area contributed by atoms with Crippen molar-refractivity contribution >= 4 is 16.7 Å². The van der Waals surface area contributed by atoms with Crippen molar-refractivity contribution in [2.75, 3.05) is 5.32 Å². The summed E-state index contributed by atoms with van der Waals surface area (Å²) in [5.41, 5.74) is 1.01. The molecule has 2 unspecified atom stereocenters. The molecule has 98 valence electrons. The molecule has 2 N–H and O–H groups in total. The average Bonchev–Trinajstić information content (AvgIpc) is 2.78. The van der Waals surface area contributed by atoms with E-state index in [1.807, 2.05) is 18.2 Å². The largest absolute Gasteiger partial charge is 0.367 e. The van der Waals surface area contributed by atoms with Gasteiger partial charge in [0.2, 0.25) is 0 Å². The standard InChI is InChI=1S/C15H18N4/c1-2-4-14-13(3-1)15(17-9-16-14)19-12-7-10-5-6-11(8-12)18-10/h1-4,9-12,18H,5-8H2,(H,16,17,19). The zero-order valence-corrected chi connectivity index (χ0v) is 10.8. The van der Waals surface area contributed by atoms with Gasteiger partial charge in [-0.05, 0) is 37.8 Å². The van der Waals surface area contributed by atoms with Crippen molar-refractivity contribution in [3.05, 3.63) is 30.6 Å². The summed E-state index contributed by atoms with van der Waals surface area (Å²) >= 11 is 0. The first-order valence-corrected chi connectivity index (χ1v) is 7.11. The fourth-order valence-corrected chi connectivity index (χ4v) is 3.49. The molecule has 2 aromatic rings. The number of rotatable bonds is 2. The van der Waals surface area contributed by atoms with Crippen LogP contribution in [0.15, 0.2) is 30.6 Å². The molecule has 2 aliphatic rings. The van der Waals surface area contributed by atoms with E-state index in [1.165, 1.54) is 25.7 Å². The second kappa shape index (κ2) is 4.46. The van der Waals surface area contributed by atoms with Crippen molar-refractivity contribution in [2.45, 2.75) is 43.8 Å². The van der Waals surface area contributed by atoms with Gasteiger partial charge in [0.05, 0.1) is 5.52 Å². The van der Waals surface area contributed by atoms with Crippen LogP contribution in [0.25, 0.3) is 10.9 Å². The van der Waals surface area contributed by atoms with Crippen LogP contribution in [0.2, 0.25) is 0 Å². The Morgan fingerprint density at radius 3 is 2.68 bits per heavy atom. The highest BCUT2D eigenvalue weighted by Gasteiger charge is 2.33. The molecule has 0 amide bonds.